The average molecular weight is 868 g/mol. The Hall–Kier alpha value is -4.96. The molecular formula is C48H61N5O10. The van der Waals surface area contributed by atoms with Gasteiger partial charge < -0.3 is 44.4 Å². The molecule has 4 N–H and O–H groups in total. The molecule has 15 nitrogen and oxygen atoms in total. The topological polar surface area (TPSA) is 183 Å². The minimum atomic E-state index is -2.34. The minimum Gasteiger partial charge on any atom is -0.496 e. The van der Waals surface area contributed by atoms with E-state index in [1.165, 1.54) is 21.1 Å². The van der Waals surface area contributed by atoms with Gasteiger partial charge in [-0.15, -0.1) is 0 Å². The third kappa shape index (κ3) is 5.77. The number of nitrogens with one attached hydrogen (secondary N) is 2. The number of hydrogen-bond donors (Lipinski definition) is 4. The smallest absolute Gasteiger partial charge is 0.344 e. The highest BCUT2D eigenvalue weighted by Crippen LogP contribution is 2.68. The van der Waals surface area contributed by atoms with E-state index in [4.69, 9.17) is 18.9 Å². The average Bonchev–Trinajstić information content (AvgIpc) is 3.94. The Morgan fingerprint density at radius 3 is 2.38 bits per heavy atom. The van der Waals surface area contributed by atoms with E-state index in [9.17, 15) is 24.6 Å². The van der Waals surface area contributed by atoms with Gasteiger partial charge in [0.1, 0.15) is 11.2 Å². The van der Waals surface area contributed by atoms with Gasteiger partial charge >= 0.3 is 17.9 Å². The predicted molar refractivity (Wildman–Crippen MR) is 234 cm³/mol. The monoisotopic (exact) mass is 867 g/mol. The standard InChI is InChI=1S/C48H61N5O10/c1-9-44(58)23-28-24-47(42(56)61-7,37-30(14-18-52(25-28)26-44)31-20-29(38(55)49-4)12-13-34(31)50-37)33-21-32-35(22-36(33)60-6)51(5)40-46(32)16-19-53-17-11-15-45(10-2,39(46)53)41(63-27(3)54)48(40,59)43(57)62-8/h11-13,15,20-22,28,39-41,50,58-59H,9-10,14,16-19,23-26H2,1-8H3,(H,49,55)/t28-,39+,40?,41-,44+,45-,46-,47+,48+/m1/s1. The molecule has 2 unspecified atom stereocenters. The maximum Gasteiger partial charge on any atom is 0.344 e. The zero-order chi connectivity index (χ0) is 45.0. The van der Waals surface area contributed by atoms with E-state index in [1.807, 2.05) is 56.1 Å². The van der Waals surface area contributed by atoms with Crippen molar-refractivity contribution in [2.24, 2.45) is 11.3 Å². The molecule has 338 valence electrons. The fourth-order valence-corrected chi connectivity index (χ4v) is 13.8. The van der Waals surface area contributed by atoms with Gasteiger partial charge in [-0.3, -0.25) is 24.2 Å². The summed E-state index contributed by atoms with van der Waals surface area (Å²) in [6.45, 7) is 8.27. The van der Waals surface area contributed by atoms with Crippen molar-refractivity contribution >= 4 is 40.4 Å². The summed E-state index contributed by atoms with van der Waals surface area (Å²) in [6, 6.07) is 8.16. The molecule has 3 aromatic rings. The first-order valence-electron chi connectivity index (χ1n) is 22.3. The number of fused-ring (bicyclic) bond motifs is 6. The lowest BCUT2D eigenvalue weighted by Gasteiger charge is -2.63. The third-order valence-electron chi connectivity index (χ3n) is 16.2. The number of hydrogen-bond acceptors (Lipinski definition) is 13. The van der Waals surface area contributed by atoms with Crippen molar-refractivity contribution in [3.8, 4) is 5.75 Å². The summed E-state index contributed by atoms with van der Waals surface area (Å²) in [4.78, 5) is 66.3. The van der Waals surface area contributed by atoms with Gasteiger partial charge in [-0.05, 0) is 86.4 Å². The van der Waals surface area contributed by atoms with Crippen molar-refractivity contribution < 1.29 is 48.3 Å². The SMILES string of the molecule is CC[C@]1(O)C[C@H]2CN(CCc3c([nH]c4ccc(C(=O)NC)cc34)[C@@](C(=O)OC)(c3cc4c(cc3OC)N(C)C3[C@]45CCN4CC=C[C@@](CC)([C@@H](OC(C)=O)[C@]3(O)C(=O)OC)[C@H]45)C2)C1. The van der Waals surface area contributed by atoms with E-state index in [1.54, 1.807) is 20.2 Å². The van der Waals surface area contributed by atoms with Crippen molar-refractivity contribution in [3.63, 3.8) is 0 Å². The number of aliphatic hydroxyl groups is 2. The normalized spacial score (nSPS) is 35.3. The zero-order valence-electron chi connectivity index (χ0n) is 37.6. The van der Waals surface area contributed by atoms with Crippen molar-refractivity contribution in [1.29, 1.82) is 0 Å². The zero-order valence-corrected chi connectivity index (χ0v) is 37.6. The lowest BCUT2D eigenvalue weighted by atomic mass is 9.47. The molecule has 2 aromatic carbocycles. The van der Waals surface area contributed by atoms with Crippen LogP contribution in [0.15, 0.2) is 42.5 Å². The molecule has 0 radical (unpaired) electrons. The summed E-state index contributed by atoms with van der Waals surface area (Å²) < 4.78 is 24.0. The Balaban J connectivity index is 1.37. The molecule has 2 bridgehead atoms. The Morgan fingerprint density at radius 2 is 1.71 bits per heavy atom. The largest absolute Gasteiger partial charge is 0.496 e. The van der Waals surface area contributed by atoms with Crippen LogP contribution in [0.2, 0.25) is 0 Å². The van der Waals surface area contributed by atoms with Crippen molar-refractivity contribution in [1.82, 2.24) is 20.1 Å². The number of amides is 1. The van der Waals surface area contributed by atoms with Crippen LogP contribution in [0.4, 0.5) is 5.69 Å². The summed E-state index contributed by atoms with van der Waals surface area (Å²) in [6.07, 6.45) is 5.49. The van der Waals surface area contributed by atoms with E-state index in [-0.39, 0.29) is 24.3 Å². The number of methoxy groups -OCH3 is 3. The van der Waals surface area contributed by atoms with Gasteiger partial charge in [0, 0.05) is 104 Å². The van der Waals surface area contributed by atoms with Crippen LogP contribution in [0, 0.1) is 11.3 Å². The number of carbonyl (C=O) groups is 4. The van der Waals surface area contributed by atoms with Gasteiger partial charge in [0.25, 0.3) is 5.91 Å². The molecule has 1 saturated carbocycles. The Labute approximate surface area is 368 Å². The lowest BCUT2D eigenvalue weighted by Crippen LogP contribution is -2.81. The van der Waals surface area contributed by atoms with Gasteiger partial charge in [0.15, 0.2) is 6.10 Å². The molecule has 2 saturated heterocycles. The first-order chi connectivity index (χ1) is 30.1. The molecule has 5 aliphatic heterocycles. The third-order valence-corrected chi connectivity index (χ3v) is 16.2. The maximum absolute atomic E-state index is 15.5. The second-order valence-corrected chi connectivity index (χ2v) is 19.0. The number of ether oxygens (including phenoxy) is 4. The highest BCUT2D eigenvalue weighted by atomic mass is 16.6. The number of rotatable bonds is 8. The number of esters is 3. The van der Waals surface area contributed by atoms with Crippen LogP contribution in [0.1, 0.15) is 85.6 Å². The lowest BCUT2D eigenvalue weighted by molar-refractivity contribution is -0.228. The predicted octanol–water partition coefficient (Wildman–Crippen LogP) is 3.35. The number of piperidine rings is 1. The van der Waals surface area contributed by atoms with Crippen LogP contribution in [-0.4, -0.2) is 146 Å². The van der Waals surface area contributed by atoms with Gasteiger partial charge in [-0.2, -0.15) is 0 Å². The number of carbonyl (C=O) groups excluding carboxylic acids is 4. The number of aromatic amines is 1. The maximum atomic E-state index is 15.5. The quantitative estimate of drug-likeness (QED) is 0.147. The van der Waals surface area contributed by atoms with Gasteiger partial charge in [-0.1, -0.05) is 26.0 Å². The molecule has 3 fully saturated rings. The molecule has 1 aromatic heterocycles. The molecule has 15 heteroatoms. The molecule has 6 heterocycles. The fraction of sp³-hybridized carbons (Fsp3) is 0.583. The summed E-state index contributed by atoms with van der Waals surface area (Å²) in [7, 11) is 7.64. The summed E-state index contributed by atoms with van der Waals surface area (Å²) in [5.74, 6) is -2.05. The van der Waals surface area contributed by atoms with Crippen LogP contribution >= 0.6 is 0 Å². The number of anilines is 1. The second kappa shape index (κ2) is 15.1. The number of nitrogens with zero attached hydrogens (tertiary/aromatic N) is 3. The molecule has 1 spiro atoms. The van der Waals surface area contributed by atoms with Crippen LogP contribution in [0.3, 0.4) is 0 Å². The first kappa shape index (κ1) is 43.3. The molecule has 1 amide bonds. The summed E-state index contributed by atoms with van der Waals surface area (Å²) in [5, 5.41) is 29.0. The van der Waals surface area contributed by atoms with Crippen molar-refractivity contribution in [2.45, 2.75) is 99.5 Å². The van der Waals surface area contributed by atoms with Crippen LogP contribution in [0.25, 0.3) is 10.9 Å². The van der Waals surface area contributed by atoms with Gasteiger partial charge in [0.05, 0.1) is 33.0 Å². The Morgan fingerprint density at radius 1 is 0.952 bits per heavy atom. The van der Waals surface area contributed by atoms with E-state index in [0.717, 1.165) is 22.0 Å². The van der Waals surface area contributed by atoms with Crippen molar-refractivity contribution in [2.75, 3.05) is 73.0 Å². The number of aromatic nitrogens is 1. The van der Waals surface area contributed by atoms with Crippen LogP contribution in [0.5, 0.6) is 5.75 Å². The minimum absolute atomic E-state index is 0.171. The van der Waals surface area contributed by atoms with Crippen LogP contribution in [-0.2, 0) is 45.8 Å². The molecule has 1 aliphatic carbocycles. The molecule has 10 atom stereocenters. The number of benzene rings is 2. The Kier molecular flexibility index (Phi) is 10.4. The Bertz CT molecular complexity index is 2430. The fourth-order valence-electron chi connectivity index (χ4n) is 13.8. The summed E-state index contributed by atoms with van der Waals surface area (Å²) >= 11 is 0. The first-order valence-corrected chi connectivity index (χ1v) is 22.3. The second-order valence-electron chi connectivity index (χ2n) is 19.0. The van der Waals surface area contributed by atoms with Gasteiger partial charge in [0.2, 0.25) is 5.60 Å². The number of likely N-dealkylation sites (N-methyl/N-ethyl adjacent to an activating group) is 1. The molecule has 6 aliphatic rings. The van der Waals surface area contributed by atoms with E-state index >= 15 is 4.79 Å². The van der Waals surface area contributed by atoms with Gasteiger partial charge in [-0.25, -0.2) is 4.79 Å². The van der Waals surface area contributed by atoms with Crippen molar-refractivity contribution in [3.05, 3.63) is 70.4 Å². The van der Waals surface area contributed by atoms with Crippen LogP contribution < -0.4 is 15.0 Å². The highest BCUT2D eigenvalue weighted by Gasteiger charge is 2.80. The highest BCUT2D eigenvalue weighted by molar-refractivity contribution is 6.00. The van der Waals surface area contributed by atoms with E-state index < -0.39 is 57.5 Å². The summed E-state index contributed by atoms with van der Waals surface area (Å²) in [5.41, 5.74) is -2.05. The molecule has 63 heavy (non-hydrogen) atoms. The molecule has 9 rings (SSSR count). The number of H-pyrrole nitrogens is 1. The molecular weight excluding hydrogens is 807 g/mol. The van der Waals surface area contributed by atoms with E-state index in [2.05, 4.69) is 26.2 Å². The van der Waals surface area contributed by atoms with E-state index in [0.29, 0.717) is 93.1 Å².